The van der Waals surface area contributed by atoms with Crippen molar-refractivity contribution in [3.63, 3.8) is 0 Å². The summed E-state index contributed by atoms with van der Waals surface area (Å²) in [5.41, 5.74) is 19.8. The molecule has 0 saturated carbocycles. The first-order valence-electron chi connectivity index (χ1n) is 24.5. The molecule has 10 aromatic carbocycles. The Hall–Kier alpha value is -8.97. The number of nitrogens with zero attached hydrogens (tertiary/aromatic N) is 4. The Morgan fingerprint density at radius 2 is 0.915 bits per heavy atom. The summed E-state index contributed by atoms with van der Waals surface area (Å²) < 4.78 is 4.82. The van der Waals surface area contributed by atoms with Gasteiger partial charge in [-0.1, -0.05) is 170 Å². The fourth-order valence-electron chi connectivity index (χ4n) is 11.4. The summed E-state index contributed by atoms with van der Waals surface area (Å²) in [5, 5.41) is 12.6. The van der Waals surface area contributed by atoms with E-state index in [9.17, 15) is 0 Å². The molecule has 3 unspecified atom stereocenters. The van der Waals surface area contributed by atoms with Crippen LogP contribution in [0.15, 0.2) is 248 Å². The second-order valence-electron chi connectivity index (χ2n) is 18.9. The monoisotopic (exact) mass is 912 g/mol. The van der Waals surface area contributed by atoms with Crippen molar-refractivity contribution in [2.45, 2.75) is 18.4 Å². The largest absolute Gasteiger partial charge is 0.360 e. The van der Waals surface area contributed by atoms with Gasteiger partial charge in [0.05, 0.1) is 33.8 Å². The van der Waals surface area contributed by atoms with Gasteiger partial charge in [-0.3, -0.25) is 10.3 Å². The average Bonchev–Trinajstić information content (AvgIpc) is 3.96. The Bertz CT molecular complexity index is 4020. The normalized spacial score (nSPS) is 16.5. The number of benzene rings is 10. The smallest absolute Gasteiger partial charge is 0.145 e. The third-order valence-electron chi connectivity index (χ3n) is 14.9. The number of fused-ring (bicyclic) bond motifs is 8. The molecule has 6 heteroatoms. The second kappa shape index (κ2) is 16.6. The average molecular weight is 913 g/mol. The Morgan fingerprint density at radius 3 is 1.56 bits per heavy atom. The third-order valence-corrected chi connectivity index (χ3v) is 14.9. The molecule has 0 spiro atoms. The molecule has 6 nitrogen and oxygen atoms in total. The summed E-state index contributed by atoms with van der Waals surface area (Å²) in [6.45, 7) is 0. The molecule has 2 aliphatic rings. The molecule has 0 fully saturated rings. The topological polar surface area (TPSA) is 49.5 Å². The lowest BCUT2D eigenvalue weighted by atomic mass is 9.92. The van der Waals surface area contributed by atoms with Crippen molar-refractivity contribution in [2.75, 3.05) is 17.3 Å². The first-order valence-corrected chi connectivity index (χ1v) is 24.5. The summed E-state index contributed by atoms with van der Waals surface area (Å²) in [5.74, 6) is 0. The van der Waals surface area contributed by atoms with Gasteiger partial charge in [0.1, 0.15) is 12.3 Å². The van der Waals surface area contributed by atoms with Crippen LogP contribution in [-0.2, 0) is 0 Å². The SMILES string of the molecule is CN1c2ccccc2C(c2ccc(-n3c4ccccc4c4cc(-c5ccc6c(c5)c5ccccc5n6-c5ccc(C6=NC(c7ccccc7)Nc7ccccc76)cc5)ccc43)cc2)NC1c1ccccc1. The first kappa shape index (κ1) is 41.0. The van der Waals surface area contributed by atoms with Gasteiger partial charge in [0.25, 0.3) is 0 Å². The summed E-state index contributed by atoms with van der Waals surface area (Å²) >= 11 is 0. The molecule has 4 heterocycles. The van der Waals surface area contributed by atoms with Gasteiger partial charge in [-0.15, -0.1) is 0 Å². The molecule has 0 saturated heterocycles. The number of para-hydroxylation sites is 4. The lowest BCUT2D eigenvalue weighted by Crippen LogP contribution is -2.43. The number of nitrogens with one attached hydrogen (secondary N) is 2. The molecule has 12 aromatic rings. The fraction of sp³-hybridized carbons (Fsp3) is 0.0615. The summed E-state index contributed by atoms with van der Waals surface area (Å²) in [7, 11) is 2.18. The van der Waals surface area contributed by atoms with Crippen molar-refractivity contribution in [3.05, 3.63) is 276 Å². The zero-order valence-corrected chi connectivity index (χ0v) is 39.1. The van der Waals surface area contributed by atoms with Gasteiger partial charge in [-0.05, 0) is 106 Å². The minimum atomic E-state index is -0.162. The van der Waals surface area contributed by atoms with Gasteiger partial charge >= 0.3 is 0 Å². The van der Waals surface area contributed by atoms with E-state index in [1.807, 2.05) is 6.07 Å². The molecule has 14 rings (SSSR count). The molecule has 2 aromatic heterocycles. The minimum absolute atomic E-state index is 0.0430. The zero-order chi connectivity index (χ0) is 47.0. The maximum Gasteiger partial charge on any atom is 0.145 e. The first-order chi connectivity index (χ1) is 35.1. The Labute approximate surface area is 412 Å². The Kier molecular flexibility index (Phi) is 9.61. The van der Waals surface area contributed by atoms with Gasteiger partial charge in [-0.25, -0.2) is 0 Å². The molecule has 2 N–H and O–H groups in total. The molecule has 0 radical (unpaired) electrons. The van der Waals surface area contributed by atoms with Crippen LogP contribution in [0.2, 0.25) is 0 Å². The van der Waals surface area contributed by atoms with E-state index in [2.05, 4.69) is 268 Å². The second-order valence-corrected chi connectivity index (χ2v) is 18.9. The Balaban J connectivity index is 0.810. The van der Waals surface area contributed by atoms with Crippen LogP contribution in [-0.4, -0.2) is 21.9 Å². The van der Waals surface area contributed by atoms with Crippen molar-refractivity contribution in [2.24, 2.45) is 4.99 Å². The molecule has 2 aliphatic heterocycles. The van der Waals surface area contributed by atoms with Crippen molar-refractivity contribution >= 4 is 60.7 Å². The molecule has 0 amide bonds. The molecule has 0 bridgehead atoms. The summed E-state index contributed by atoms with van der Waals surface area (Å²) in [6.07, 6.45) is -0.112. The van der Waals surface area contributed by atoms with Crippen LogP contribution in [0, 0.1) is 0 Å². The van der Waals surface area contributed by atoms with Gasteiger partial charge < -0.3 is 19.4 Å². The van der Waals surface area contributed by atoms with E-state index in [0.717, 1.165) is 39.5 Å². The highest BCUT2D eigenvalue weighted by Gasteiger charge is 2.32. The highest BCUT2D eigenvalue weighted by atomic mass is 15.3. The molecule has 3 atom stereocenters. The maximum atomic E-state index is 5.28. The van der Waals surface area contributed by atoms with E-state index in [1.54, 1.807) is 0 Å². The minimum Gasteiger partial charge on any atom is -0.360 e. The van der Waals surface area contributed by atoms with Crippen LogP contribution in [0.3, 0.4) is 0 Å². The van der Waals surface area contributed by atoms with E-state index in [0.29, 0.717) is 0 Å². The van der Waals surface area contributed by atoms with Crippen LogP contribution in [0.25, 0.3) is 66.1 Å². The number of aliphatic imine (C=N–C) groups is 1. The van der Waals surface area contributed by atoms with Gasteiger partial charge in [0, 0.05) is 62.5 Å². The number of hydrogen-bond acceptors (Lipinski definition) is 4. The van der Waals surface area contributed by atoms with E-state index < -0.39 is 0 Å². The quantitative estimate of drug-likeness (QED) is 0.167. The lowest BCUT2D eigenvalue weighted by molar-refractivity contribution is 0.454. The highest BCUT2D eigenvalue weighted by Crippen LogP contribution is 2.42. The van der Waals surface area contributed by atoms with Crippen LogP contribution in [0.5, 0.6) is 0 Å². The molecule has 71 heavy (non-hydrogen) atoms. The molecular formula is C65H48N6. The molecular weight excluding hydrogens is 865 g/mol. The number of rotatable bonds is 7. The zero-order valence-electron chi connectivity index (χ0n) is 39.1. The molecule has 338 valence electrons. The van der Waals surface area contributed by atoms with Crippen molar-refractivity contribution in [1.29, 1.82) is 0 Å². The molecule has 0 aliphatic carbocycles. The summed E-state index contributed by atoms with van der Waals surface area (Å²) in [6, 6.07) is 88.1. The summed E-state index contributed by atoms with van der Waals surface area (Å²) in [4.78, 5) is 7.63. The van der Waals surface area contributed by atoms with Gasteiger partial charge in [0.15, 0.2) is 0 Å². The Morgan fingerprint density at radius 1 is 0.408 bits per heavy atom. The lowest BCUT2D eigenvalue weighted by Gasteiger charge is -2.41. The van der Waals surface area contributed by atoms with Gasteiger partial charge in [-0.2, -0.15) is 0 Å². The van der Waals surface area contributed by atoms with Crippen LogP contribution < -0.4 is 15.5 Å². The van der Waals surface area contributed by atoms with Crippen molar-refractivity contribution < 1.29 is 0 Å². The number of hydrogen-bond donors (Lipinski definition) is 2. The van der Waals surface area contributed by atoms with Gasteiger partial charge in [0.2, 0.25) is 0 Å². The van der Waals surface area contributed by atoms with E-state index in [-0.39, 0.29) is 18.4 Å². The standard InChI is InChI=1S/C65H48N6/c1-69-57-25-13-11-23-53(57)63(68-65(69)45-18-6-3-7-19-45)43-30-36-49(37-31-43)71-59-27-15-10-21-51(59)55-41-47(33-39-61(55)71)46-32-38-60-54(40-46)50-20-9-14-26-58(50)70(60)48-34-28-42(29-35-48)62-52-22-8-12-24-56(52)66-64(67-62)44-16-4-2-5-17-44/h2-41,63-66,68H,1H3. The van der Waals surface area contributed by atoms with E-state index >= 15 is 0 Å². The maximum absolute atomic E-state index is 5.28. The number of anilines is 2. The third kappa shape index (κ3) is 6.79. The fourth-order valence-corrected chi connectivity index (χ4v) is 11.4. The van der Waals surface area contributed by atoms with Crippen LogP contribution in [0.1, 0.15) is 51.8 Å². The predicted octanol–water partition coefficient (Wildman–Crippen LogP) is 15.3. The van der Waals surface area contributed by atoms with Crippen LogP contribution in [0.4, 0.5) is 11.4 Å². The highest BCUT2D eigenvalue weighted by molar-refractivity contribution is 6.17. The van der Waals surface area contributed by atoms with Crippen molar-refractivity contribution in [1.82, 2.24) is 14.5 Å². The van der Waals surface area contributed by atoms with E-state index in [1.165, 1.54) is 77.1 Å². The van der Waals surface area contributed by atoms with E-state index in [4.69, 9.17) is 4.99 Å². The number of aromatic nitrogens is 2. The van der Waals surface area contributed by atoms with Crippen molar-refractivity contribution in [3.8, 4) is 22.5 Å². The predicted molar refractivity (Wildman–Crippen MR) is 294 cm³/mol. The van der Waals surface area contributed by atoms with Crippen LogP contribution >= 0.6 is 0 Å².